The average Bonchev–Trinajstić information content (AvgIpc) is 2.68. The Bertz CT molecular complexity index is 508. The Kier molecular flexibility index (Phi) is 3.31. The van der Waals surface area contributed by atoms with Crippen LogP contribution in [-0.4, -0.2) is 23.1 Å². The fourth-order valence-electron chi connectivity index (χ4n) is 1.87. The summed E-state index contributed by atoms with van der Waals surface area (Å²) in [5.41, 5.74) is 0.609. The van der Waals surface area contributed by atoms with Crippen LogP contribution in [0.2, 0.25) is 0 Å². The van der Waals surface area contributed by atoms with E-state index in [2.05, 4.69) is 6.07 Å². The summed E-state index contributed by atoms with van der Waals surface area (Å²) >= 11 is 1.52. The van der Waals surface area contributed by atoms with Crippen LogP contribution in [0.5, 0.6) is 0 Å². The van der Waals surface area contributed by atoms with E-state index in [1.807, 2.05) is 26.8 Å². The van der Waals surface area contributed by atoms with Gasteiger partial charge >= 0.3 is 6.09 Å². The average molecular weight is 264 g/mol. The summed E-state index contributed by atoms with van der Waals surface area (Å²) < 4.78 is 5.35. The third-order valence-corrected chi connectivity index (χ3v) is 3.77. The van der Waals surface area contributed by atoms with Crippen molar-refractivity contribution in [2.75, 3.05) is 6.54 Å². The van der Waals surface area contributed by atoms with Gasteiger partial charge in [-0.15, -0.1) is 11.3 Å². The summed E-state index contributed by atoms with van der Waals surface area (Å²) in [6.07, 6.45) is 0.527. The fourth-order valence-corrected chi connectivity index (χ4v) is 2.83. The molecule has 2 heterocycles. The molecule has 1 aliphatic rings. The molecule has 0 aliphatic carbocycles. The number of ether oxygens (including phenoxy) is 1. The molecule has 1 aromatic rings. The molecule has 2 rings (SSSR count). The van der Waals surface area contributed by atoms with Gasteiger partial charge in [0.05, 0.1) is 6.54 Å². The zero-order valence-electron chi connectivity index (χ0n) is 10.8. The molecule has 4 nitrogen and oxygen atoms in total. The predicted molar refractivity (Wildman–Crippen MR) is 69.4 cm³/mol. The van der Waals surface area contributed by atoms with E-state index in [0.717, 1.165) is 12.0 Å². The molecule has 0 atom stereocenters. The minimum atomic E-state index is -0.468. The third kappa shape index (κ3) is 2.82. The molecule has 0 spiro atoms. The van der Waals surface area contributed by atoms with E-state index in [0.29, 0.717) is 18.0 Å². The second kappa shape index (κ2) is 4.62. The van der Waals surface area contributed by atoms with Crippen molar-refractivity contribution in [3.8, 4) is 6.07 Å². The molecule has 0 aromatic carbocycles. The van der Waals surface area contributed by atoms with E-state index in [4.69, 9.17) is 10.00 Å². The van der Waals surface area contributed by atoms with Gasteiger partial charge in [0.2, 0.25) is 0 Å². The maximum absolute atomic E-state index is 11.9. The number of thiophene rings is 1. The number of carbonyl (C=O) groups excluding carboxylic acids is 1. The smallest absolute Gasteiger partial charge is 0.410 e. The maximum atomic E-state index is 11.9. The Balaban J connectivity index is 2.08. The van der Waals surface area contributed by atoms with E-state index in [9.17, 15) is 4.79 Å². The van der Waals surface area contributed by atoms with E-state index < -0.39 is 5.60 Å². The molecule has 0 N–H and O–H groups in total. The first-order valence-corrected chi connectivity index (χ1v) is 6.70. The summed E-state index contributed by atoms with van der Waals surface area (Å²) in [6, 6.07) is 4.02. The molecule has 0 bridgehead atoms. The van der Waals surface area contributed by atoms with Crippen LogP contribution in [0.4, 0.5) is 4.79 Å². The topological polar surface area (TPSA) is 53.3 Å². The van der Waals surface area contributed by atoms with Crippen molar-refractivity contribution in [2.45, 2.75) is 39.3 Å². The molecule has 0 saturated carbocycles. The second-order valence-corrected chi connectivity index (χ2v) is 6.46. The Labute approximate surface area is 111 Å². The molecule has 0 radical (unpaired) electrons. The van der Waals surface area contributed by atoms with Gasteiger partial charge in [-0.25, -0.2) is 4.79 Å². The lowest BCUT2D eigenvalue weighted by atomic mass is 10.1. The Morgan fingerprint density at radius 1 is 1.56 bits per heavy atom. The Morgan fingerprint density at radius 3 is 2.89 bits per heavy atom. The lowest BCUT2D eigenvalue weighted by Crippen LogP contribution is -2.39. The van der Waals surface area contributed by atoms with E-state index in [1.165, 1.54) is 16.2 Å². The molecule has 5 heteroatoms. The lowest BCUT2D eigenvalue weighted by molar-refractivity contribution is 0.0225. The summed E-state index contributed by atoms with van der Waals surface area (Å²) in [5, 5.41) is 8.87. The number of hydrogen-bond acceptors (Lipinski definition) is 4. The molecule has 96 valence electrons. The minimum absolute atomic E-state index is 0.280. The Morgan fingerprint density at radius 2 is 2.28 bits per heavy atom. The van der Waals surface area contributed by atoms with Crippen LogP contribution >= 0.6 is 11.3 Å². The SMILES string of the molecule is CC(C)(C)OC(=O)N1CCc2sc(C#N)cc2C1. The van der Waals surface area contributed by atoms with E-state index in [1.54, 1.807) is 4.90 Å². The third-order valence-electron chi connectivity index (χ3n) is 2.63. The van der Waals surface area contributed by atoms with Crippen molar-refractivity contribution < 1.29 is 9.53 Å². The van der Waals surface area contributed by atoms with Crippen LogP contribution in [0.1, 0.15) is 36.1 Å². The van der Waals surface area contributed by atoms with Crippen LogP contribution < -0.4 is 0 Å². The molecule has 0 fully saturated rings. The summed E-state index contributed by atoms with van der Waals surface area (Å²) in [6.45, 7) is 6.78. The van der Waals surface area contributed by atoms with Crippen LogP contribution in [0.25, 0.3) is 0 Å². The molecule has 0 unspecified atom stereocenters. The first-order valence-electron chi connectivity index (χ1n) is 5.88. The van der Waals surface area contributed by atoms with Gasteiger partial charge in [0.25, 0.3) is 0 Å². The summed E-state index contributed by atoms with van der Waals surface area (Å²) in [4.78, 5) is 15.6. The van der Waals surface area contributed by atoms with E-state index in [-0.39, 0.29) is 6.09 Å². The lowest BCUT2D eigenvalue weighted by Gasteiger charge is -2.29. The molecule has 1 amide bonds. The Hall–Kier alpha value is -1.54. The summed E-state index contributed by atoms with van der Waals surface area (Å²) in [7, 11) is 0. The van der Waals surface area contributed by atoms with Crippen molar-refractivity contribution >= 4 is 17.4 Å². The second-order valence-electron chi connectivity index (χ2n) is 5.32. The van der Waals surface area contributed by atoms with Gasteiger partial charge in [0.15, 0.2) is 0 Å². The highest BCUT2D eigenvalue weighted by molar-refractivity contribution is 7.12. The van der Waals surface area contributed by atoms with E-state index >= 15 is 0 Å². The highest BCUT2D eigenvalue weighted by Crippen LogP contribution is 2.28. The number of nitriles is 1. The van der Waals surface area contributed by atoms with Crippen molar-refractivity contribution in [3.63, 3.8) is 0 Å². The first kappa shape index (κ1) is 12.9. The van der Waals surface area contributed by atoms with Gasteiger partial charge in [-0.2, -0.15) is 5.26 Å². The van der Waals surface area contributed by atoms with Crippen LogP contribution in [0.3, 0.4) is 0 Å². The molecule has 1 aromatic heterocycles. The number of fused-ring (bicyclic) bond motifs is 1. The van der Waals surface area contributed by atoms with Gasteiger partial charge in [0.1, 0.15) is 16.5 Å². The maximum Gasteiger partial charge on any atom is 0.410 e. The van der Waals surface area contributed by atoms with Gasteiger partial charge in [-0.3, -0.25) is 0 Å². The zero-order valence-corrected chi connectivity index (χ0v) is 11.6. The number of amides is 1. The number of carbonyl (C=O) groups is 1. The standard InChI is InChI=1S/C13H16N2O2S/c1-13(2,3)17-12(16)15-5-4-11-9(8-15)6-10(7-14)18-11/h6H,4-5,8H2,1-3H3. The minimum Gasteiger partial charge on any atom is -0.444 e. The molecule has 18 heavy (non-hydrogen) atoms. The van der Waals surface area contributed by atoms with Crippen molar-refractivity contribution in [1.82, 2.24) is 4.90 Å². The van der Waals surface area contributed by atoms with Gasteiger partial charge in [0, 0.05) is 11.4 Å². The number of nitrogens with zero attached hydrogens (tertiary/aromatic N) is 2. The van der Waals surface area contributed by atoms with Gasteiger partial charge < -0.3 is 9.64 Å². The predicted octanol–water partition coefficient (Wildman–Crippen LogP) is 2.91. The zero-order chi connectivity index (χ0) is 13.3. The molecular formula is C13H16N2O2S. The van der Waals surface area contributed by atoms with Gasteiger partial charge in [-0.1, -0.05) is 0 Å². The van der Waals surface area contributed by atoms with Crippen LogP contribution in [-0.2, 0) is 17.7 Å². The molecule has 0 saturated heterocycles. The largest absolute Gasteiger partial charge is 0.444 e. The van der Waals surface area contributed by atoms with Crippen LogP contribution in [0.15, 0.2) is 6.07 Å². The van der Waals surface area contributed by atoms with Crippen molar-refractivity contribution in [3.05, 3.63) is 21.4 Å². The number of rotatable bonds is 0. The monoisotopic (exact) mass is 264 g/mol. The normalized spacial score (nSPS) is 14.9. The fraction of sp³-hybridized carbons (Fsp3) is 0.538. The first-order chi connectivity index (χ1) is 8.39. The quantitative estimate of drug-likeness (QED) is 0.724. The highest BCUT2D eigenvalue weighted by Gasteiger charge is 2.26. The number of hydrogen-bond donors (Lipinski definition) is 0. The van der Waals surface area contributed by atoms with Crippen molar-refractivity contribution in [1.29, 1.82) is 5.26 Å². The molecule has 1 aliphatic heterocycles. The molecular weight excluding hydrogens is 248 g/mol. The summed E-state index contributed by atoms with van der Waals surface area (Å²) in [5.74, 6) is 0. The van der Waals surface area contributed by atoms with Crippen LogP contribution in [0, 0.1) is 11.3 Å². The van der Waals surface area contributed by atoms with Crippen molar-refractivity contribution in [2.24, 2.45) is 0 Å². The highest BCUT2D eigenvalue weighted by atomic mass is 32.1. The van der Waals surface area contributed by atoms with Gasteiger partial charge in [-0.05, 0) is 38.8 Å².